The van der Waals surface area contributed by atoms with Gasteiger partial charge < -0.3 is 14.8 Å². The molecule has 5 rings (SSSR count). The zero-order valence-corrected chi connectivity index (χ0v) is 17.4. The van der Waals surface area contributed by atoms with E-state index in [1.807, 2.05) is 53.2 Å². The molecule has 1 amide bonds. The van der Waals surface area contributed by atoms with E-state index in [-0.39, 0.29) is 5.91 Å². The second kappa shape index (κ2) is 8.52. The lowest BCUT2D eigenvalue weighted by Gasteiger charge is -2.08. The van der Waals surface area contributed by atoms with Crippen molar-refractivity contribution in [3.8, 4) is 11.4 Å². The van der Waals surface area contributed by atoms with Crippen molar-refractivity contribution in [1.82, 2.24) is 19.2 Å². The molecule has 3 heterocycles. The van der Waals surface area contributed by atoms with Gasteiger partial charge in [-0.05, 0) is 30.3 Å². The molecular formula is C24H21N5O3. The zero-order valence-electron chi connectivity index (χ0n) is 17.4. The number of carbonyl (C=O) groups is 1. The number of imidazole rings is 1. The van der Waals surface area contributed by atoms with Crippen LogP contribution in [0.1, 0.15) is 10.5 Å². The smallest absolute Gasteiger partial charge is 0.274 e. The highest BCUT2D eigenvalue weighted by atomic mass is 16.5. The monoisotopic (exact) mass is 427 g/mol. The Kier molecular flexibility index (Phi) is 5.27. The number of aromatic nitrogens is 4. The van der Waals surface area contributed by atoms with Gasteiger partial charge in [0, 0.05) is 24.8 Å². The van der Waals surface area contributed by atoms with Gasteiger partial charge in [-0.1, -0.05) is 24.3 Å². The summed E-state index contributed by atoms with van der Waals surface area (Å²) in [6.45, 7) is 0.946. The van der Waals surface area contributed by atoms with E-state index in [1.54, 1.807) is 42.2 Å². The van der Waals surface area contributed by atoms with E-state index in [0.717, 1.165) is 16.6 Å². The van der Waals surface area contributed by atoms with Gasteiger partial charge in [0.15, 0.2) is 0 Å². The lowest BCUT2D eigenvalue weighted by atomic mass is 10.2. The molecular weight excluding hydrogens is 406 g/mol. The van der Waals surface area contributed by atoms with Crippen LogP contribution in [0.25, 0.3) is 22.2 Å². The van der Waals surface area contributed by atoms with E-state index in [2.05, 4.69) is 15.4 Å². The van der Waals surface area contributed by atoms with Crippen molar-refractivity contribution in [2.45, 2.75) is 0 Å². The van der Waals surface area contributed by atoms with Crippen molar-refractivity contribution in [1.29, 1.82) is 0 Å². The summed E-state index contributed by atoms with van der Waals surface area (Å²) in [5.74, 6) is 0.413. The molecule has 160 valence electrons. The molecule has 0 radical (unpaired) electrons. The molecule has 8 nitrogen and oxygen atoms in total. The van der Waals surface area contributed by atoms with Gasteiger partial charge in [-0.3, -0.25) is 9.20 Å². The van der Waals surface area contributed by atoms with Gasteiger partial charge in [-0.2, -0.15) is 5.10 Å². The fraction of sp³-hybridized carbons (Fsp3) is 0.125. The fourth-order valence-electron chi connectivity index (χ4n) is 3.58. The molecule has 0 saturated carbocycles. The standard InChI is InChI=1S/C24H21N5O3/c1-31-12-13-32-18-10-11-28-22(16-25-23(28)14-18)24(30)27-20-8-5-9-21-19(20)15-26-29(21)17-6-3-2-4-7-17/h2-11,14-16H,12-13H2,1H3,(H,27,30). The van der Waals surface area contributed by atoms with Crippen LogP contribution in [0.15, 0.2) is 79.3 Å². The highest BCUT2D eigenvalue weighted by Gasteiger charge is 2.15. The lowest BCUT2D eigenvalue weighted by molar-refractivity contribution is 0.102. The molecule has 0 aliphatic heterocycles. The van der Waals surface area contributed by atoms with Crippen LogP contribution < -0.4 is 10.1 Å². The van der Waals surface area contributed by atoms with Crippen LogP contribution >= 0.6 is 0 Å². The molecule has 1 N–H and O–H groups in total. The molecule has 5 aromatic rings. The molecule has 0 aliphatic rings. The van der Waals surface area contributed by atoms with Crippen molar-refractivity contribution >= 4 is 28.1 Å². The van der Waals surface area contributed by atoms with E-state index in [4.69, 9.17) is 9.47 Å². The Labute approximate surface area is 184 Å². The minimum Gasteiger partial charge on any atom is -0.491 e. The molecule has 0 saturated heterocycles. The number of carbonyl (C=O) groups excluding carboxylic acids is 1. The number of para-hydroxylation sites is 1. The highest BCUT2D eigenvalue weighted by molar-refractivity contribution is 6.08. The Morgan fingerprint density at radius 3 is 2.75 bits per heavy atom. The second-order valence-corrected chi connectivity index (χ2v) is 7.16. The number of hydrogen-bond acceptors (Lipinski definition) is 5. The second-order valence-electron chi connectivity index (χ2n) is 7.16. The van der Waals surface area contributed by atoms with E-state index in [9.17, 15) is 4.79 Å². The van der Waals surface area contributed by atoms with E-state index < -0.39 is 0 Å². The summed E-state index contributed by atoms with van der Waals surface area (Å²) in [4.78, 5) is 17.4. The van der Waals surface area contributed by atoms with Gasteiger partial charge in [0.05, 0.1) is 35.9 Å². The molecule has 0 unspecified atom stereocenters. The third kappa shape index (κ3) is 3.67. The SMILES string of the molecule is COCCOc1ccn2c(C(=O)Nc3cccc4c3cnn4-c3ccccc3)cnc2c1. The van der Waals surface area contributed by atoms with Gasteiger partial charge in [-0.15, -0.1) is 0 Å². The van der Waals surface area contributed by atoms with Crippen LogP contribution in [-0.2, 0) is 4.74 Å². The normalized spacial score (nSPS) is 11.2. The average molecular weight is 427 g/mol. The first-order valence-corrected chi connectivity index (χ1v) is 10.2. The number of hydrogen-bond donors (Lipinski definition) is 1. The van der Waals surface area contributed by atoms with Crippen molar-refractivity contribution in [2.24, 2.45) is 0 Å². The molecule has 32 heavy (non-hydrogen) atoms. The highest BCUT2D eigenvalue weighted by Crippen LogP contribution is 2.26. The minimum atomic E-state index is -0.259. The van der Waals surface area contributed by atoms with Crippen LogP contribution in [0.2, 0.25) is 0 Å². The number of methoxy groups -OCH3 is 1. The largest absolute Gasteiger partial charge is 0.491 e. The van der Waals surface area contributed by atoms with Gasteiger partial charge in [-0.25, -0.2) is 9.67 Å². The first-order chi connectivity index (χ1) is 15.7. The Morgan fingerprint density at radius 1 is 1.03 bits per heavy atom. The number of benzene rings is 2. The van der Waals surface area contributed by atoms with Crippen LogP contribution in [0.4, 0.5) is 5.69 Å². The molecule has 2 aromatic carbocycles. The number of rotatable bonds is 7. The van der Waals surface area contributed by atoms with Gasteiger partial charge in [0.1, 0.15) is 23.7 Å². The third-order valence-electron chi connectivity index (χ3n) is 5.14. The first-order valence-electron chi connectivity index (χ1n) is 10.2. The van der Waals surface area contributed by atoms with E-state index >= 15 is 0 Å². The Morgan fingerprint density at radius 2 is 1.91 bits per heavy atom. The van der Waals surface area contributed by atoms with E-state index in [0.29, 0.717) is 36.0 Å². The summed E-state index contributed by atoms with van der Waals surface area (Å²) in [5.41, 5.74) is 3.60. The zero-order chi connectivity index (χ0) is 21.9. The van der Waals surface area contributed by atoms with Crippen molar-refractivity contribution in [3.63, 3.8) is 0 Å². The van der Waals surface area contributed by atoms with Crippen molar-refractivity contribution in [2.75, 3.05) is 25.6 Å². The van der Waals surface area contributed by atoms with Gasteiger partial charge >= 0.3 is 0 Å². The lowest BCUT2D eigenvalue weighted by Crippen LogP contribution is -2.14. The maximum absolute atomic E-state index is 13.1. The number of ether oxygens (including phenoxy) is 2. The van der Waals surface area contributed by atoms with Crippen molar-refractivity contribution < 1.29 is 14.3 Å². The number of anilines is 1. The quantitative estimate of drug-likeness (QED) is 0.398. The molecule has 0 fully saturated rings. The number of nitrogens with one attached hydrogen (secondary N) is 1. The van der Waals surface area contributed by atoms with Crippen LogP contribution in [0.5, 0.6) is 5.75 Å². The average Bonchev–Trinajstić information content (AvgIpc) is 3.45. The number of fused-ring (bicyclic) bond motifs is 2. The van der Waals surface area contributed by atoms with Gasteiger partial charge in [0.2, 0.25) is 0 Å². The van der Waals surface area contributed by atoms with E-state index in [1.165, 1.54) is 0 Å². The molecule has 0 bridgehead atoms. The van der Waals surface area contributed by atoms with Crippen LogP contribution in [-0.4, -0.2) is 45.4 Å². The molecule has 3 aromatic heterocycles. The Hall–Kier alpha value is -4.17. The first kappa shape index (κ1) is 19.8. The summed E-state index contributed by atoms with van der Waals surface area (Å²) < 4.78 is 14.2. The summed E-state index contributed by atoms with van der Waals surface area (Å²) in [6.07, 6.45) is 5.08. The van der Waals surface area contributed by atoms with Crippen LogP contribution in [0.3, 0.4) is 0 Å². The summed E-state index contributed by atoms with van der Waals surface area (Å²) in [6, 6.07) is 19.2. The molecule has 8 heteroatoms. The predicted octanol–water partition coefficient (Wildman–Crippen LogP) is 3.95. The fourth-order valence-corrected chi connectivity index (χ4v) is 3.58. The predicted molar refractivity (Wildman–Crippen MR) is 122 cm³/mol. The molecule has 0 atom stereocenters. The topological polar surface area (TPSA) is 82.7 Å². The number of amides is 1. The Balaban J connectivity index is 1.41. The molecule has 0 spiro atoms. The number of nitrogens with zero attached hydrogens (tertiary/aromatic N) is 4. The van der Waals surface area contributed by atoms with Gasteiger partial charge in [0.25, 0.3) is 5.91 Å². The summed E-state index contributed by atoms with van der Waals surface area (Å²) in [5, 5.41) is 8.37. The maximum Gasteiger partial charge on any atom is 0.274 e. The summed E-state index contributed by atoms with van der Waals surface area (Å²) >= 11 is 0. The Bertz CT molecular complexity index is 1390. The molecule has 0 aliphatic carbocycles. The third-order valence-corrected chi connectivity index (χ3v) is 5.14. The van der Waals surface area contributed by atoms with Crippen LogP contribution in [0, 0.1) is 0 Å². The summed E-state index contributed by atoms with van der Waals surface area (Å²) in [7, 11) is 1.62. The number of pyridine rings is 1. The van der Waals surface area contributed by atoms with Crippen molar-refractivity contribution in [3.05, 3.63) is 84.9 Å². The minimum absolute atomic E-state index is 0.259. The maximum atomic E-state index is 13.1.